The van der Waals surface area contributed by atoms with Crippen molar-refractivity contribution in [3.8, 4) is 5.75 Å². The maximum Gasteiger partial charge on any atom is 0.342 e. The molecule has 2 N–H and O–H groups in total. The number of ether oxygens (including phenoxy) is 2. The Balaban J connectivity index is 2.32. The van der Waals surface area contributed by atoms with Crippen molar-refractivity contribution in [3.05, 3.63) is 23.8 Å². The van der Waals surface area contributed by atoms with E-state index in [-0.39, 0.29) is 22.0 Å². The Kier molecular flexibility index (Phi) is 4.29. The first-order valence-corrected chi connectivity index (χ1v) is 7.82. The number of Topliss-reactive ketones (excluding diaryl/α,β-unsaturated/α-hetero) is 1. The minimum absolute atomic E-state index is 0.0799. The van der Waals surface area contributed by atoms with Gasteiger partial charge in [0.25, 0.3) is 0 Å². The lowest BCUT2D eigenvalue weighted by Gasteiger charge is -2.13. The summed E-state index contributed by atoms with van der Waals surface area (Å²) in [5.41, 5.74) is -0.0799. The lowest BCUT2D eigenvalue weighted by molar-refractivity contribution is -0.124. The van der Waals surface area contributed by atoms with E-state index in [9.17, 15) is 18.0 Å². The zero-order chi connectivity index (χ0) is 15.6. The molecule has 7 nitrogen and oxygen atoms in total. The molecule has 2 rings (SSSR count). The van der Waals surface area contributed by atoms with Crippen LogP contribution in [-0.4, -0.2) is 33.4 Å². The van der Waals surface area contributed by atoms with Gasteiger partial charge in [-0.05, 0) is 31.0 Å². The van der Waals surface area contributed by atoms with Crippen LogP contribution in [0.3, 0.4) is 0 Å². The fourth-order valence-electron chi connectivity index (χ4n) is 2.12. The van der Waals surface area contributed by atoms with Gasteiger partial charge in [0.15, 0.2) is 11.9 Å². The van der Waals surface area contributed by atoms with Gasteiger partial charge in [-0.1, -0.05) is 0 Å². The number of methoxy groups -OCH3 is 1. The highest BCUT2D eigenvalue weighted by atomic mass is 32.2. The summed E-state index contributed by atoms with van der Waals surface area (Å²) in [5.74, 6) is -0.791. The summed E-state index contributed by atoms with van der Waals surface area (Å²) in [6.45, 7) is 0. The predicted molar refractivity (Wildman–Crippen MR) is 72.4 cm³/mol. The Bertz CT molecular complexity index is 682. The second-order valence-electron chi connectivity index (χ2n) is 4.66. The Hall–Kier alpha value is -1.93. The molecule has 1 fully saturated rings. The maximum atomic E-state index is 12.1. The molecule has 1 saturated carbocycles. The molecule has 0 heterocycles. The van der Waals surface area contributed by atoms with Crippen molar-refractivity contribution in [2.24, 2.45) is 5.14 Å². The third-order valence-electron chi connectivity index (χ3n) is 3.22. The Morgan fingerprint density at radius 2 is 2.10 bits per heavy atom. The number of hydrogen-bond donors (Lipinski definition) is 1. The number of hydrogen-bond acceptors (Lipinski definition) is 6. The number of ketones is 1. The van der Waals surface area contributed by atoms with Crippen LogP contribution in [0.15, 0.2) is 23.1 Å². The summed E-state index contributed by atoms with van der Waals surface area (Å²) in [4.78, 5) is 23.4. The number of sulfonamides is 1. The van der Waals surface area contributed by atoms with Gasteiger partial charge in [-0.3, -0.25) is 4.79 Å². The van der Waals surface area contributed by atoms with Gasteiger partial charge in [0, 0.05) is 6.42 Å². The van der Waals surface area contributed by atoms with Crippen molar-refractivity contribution in [2.45, 2.75) is 30.3 Å². The average Bonchev–Trinajstić information content (AvgIpc) is 2.82. The number of primary sulfonamides is 1. The summed E-state index contributed by atoms with van der Waals surface area (Å²) >= 11 is 0. The molecule has 8 heteroatoms. The topological polar surface area (TPSA) is 113 Å². The largest absolute Gasteiger partial charge is 0.496 e. The lowest BCUT2D eigenvalue weighted by atomic mass is 10.2. The molecule has 0 radical (unpaired) electrons. The molecule has 1 atom stereocenters. The highest BCUT2D eigenvalue weighted by Gasteiger charge is 2.29. The molecule has 0 bridgehead atoms. The maximum absolute atomic E-state index is 12.1. The molecule has 21 heavy (non-hydrogen) atoms. The van der Waals surface area contributed by atoms with Crippen LogP contribution >= 0.6 is 0 Å². The number of benzene rings is 1. The second kappa shape index (κ2) is 5.82. The van der Waals surface area contributed by atoms with Crippen LogP contribution < -0.4 is 9.88 Å². The fraction of sp³-hybridized carbons (Fsp3) is 0.385. The fourth-order valence-corrected chi connectivity index (χ4v) is 2.66. The van der Waals surface area contributed by atoms with Gasteiger partial charge >= 0.3 is 5.97 Å². The molecule has 1 aromatic rings. The molecule has 0 aromatic heterocycles. The Morgan fingerprint density at radius 3 is 2.62 bits per heavy atom. The first kappa shape index (κ1) is 15.5. The van der Waals surface area contributed by atoms with E-state index in [4.69, 9.17) is 14.6 Å². The minimum atomic E-state index is -3.95. The van der Waals surface area contributed by atoms with Gasteiger partial charge < -0.3 is 9.47 Å². The second-order valence-corrected chi connectivity index (χ2v) is 6.22. The SMILES string of the molecule is COc1ccc(S(N)(=O)=O)cc1C(=O)OC1CCCC1=O. The van der Waals surface area contributed by atoms with Crippen LogP contribution in [-0.2, 0) is 19.6 Å². The zero-order valence-corrected chi connectivity index (χ0v) is 12.2. The molecule has 1 aromatic carbocycles. The van der Waals surface area contributed by atoms with E-state index >= 15 is 0 Å². The number of carbonyl (C=O) groups excluding carboxylic acids is 2. The quantitative estimate of drug-likeness (QED) is 0.815. The third kappa shape index (κ3) is 3.40. The van der Waals surface area contributed by atoms with Crippen LogP contribution in [0.1, 0.15) is 29.6 Å². The molecule has 114 valence electrons. The molecular formula is C13H15NO6S. The van der Waals surface area contributed by atoms with Crippen LogP contribution in [0.25, 0.3) is 0 Å². The highest BCUT2D eigenvalue weighted by molar-refractivity contribution is 7.89. The molecule has 0 aliphatic heterocycles. The van der Waals surface area contributed by atoms with Gasteiger partial charge in [-0.25, -0.2) is 18.4 Å². The van der Waals surface area contributed by atoms with E-state index < -0.39 is 22.1 Å². The number of nitrogens with two attached hydrogens (primary N) is 1. The highest BCUT2D eigenvalue weighted by Crippen LogP contribution is 2.25. The van der Waals surface area contributed by atoms with Crippen LogP contribution in [0.5, 0.6) is 5.75 Å². The van der Waals surface area contributed by atoms with E-state index in [2.05, 4.69) is 0 Å². The number of carbonyl (C=O) groups is 2. The van der Waals surface area contributed by atoms with E-state index in [1.807, 2.05) is 0 Å². The Labute approximate surface area is 122 Å². The third-order valence-corrected chi connectivity index (χ3v) is 4.13. The first-order valence-electron chi connectivity index (χ1n) is 6.27. The van der Waals surface area contributed by atoms with E-state index in [0.29, 0.717) is 19.3 Å². The van der Waals surface area contributed by atoms with Crippen molar-refractivity contribution in [3.63, 3.8) is 0 Å². The predicted octanol–water partition coefficient (Wildman–Crippen LogP) is 0.621. The van der Waals surface area contributed by atoms with Crippen LogP contribution in [0.4, 0.5) is 0 Å². The van der Waals surface area contributed by atoms with Crippen molar-refractivity contribution in [1.82, 2.24) is 0 Å². The summed E-state index contributed by atoms with van der Waals surface area (Å²) in [7, 11) is -2.62. The van der Waals surface area contributed by atoms with Crippen LogP contribution in [0, 0.1) is 0 Å². The lowest BCUT2D eigenvalue weighted by Crippen LogP contribution is -2.22. The van der Waals surface area contributed by atoms with Gasteiger partial charge in [0.2, 0.25) is 10.0 Å². The van der Waals surface area contributed by atoms with Crippen molar-refractivity contribution >= 4 is 21.8 Å². The summed E-state index contributed by atoms with van der Waals surface area (Å²) in [6.07, 6.45) is 0.750. The molecule has 1 unspecified atom stereocenters. The van der Waals surface area contributed by atoms with E-state index in [0.717, 1.165) is 6.07 Å². The average molecular weight is 313 g/mol. The molecule has 0 spiro atoms. The number of esters is 1. The summed E-state index contributed by atoms with van der Waals surface area (Å²) in [5, 5.41) is 5.03. The summed E-state index contributed by atoms with van der Waals surface area (Å²) in [6, 6.07) is 3.62. The molecular weight excluding hydrogens is 298 g/mol. The van der Waals surface area contributed by atoms with Gasteiger partial charge in [-0.2, -0.15) is 0 Å². The standard InChI is InChI=1S/C13H15NO6S/c1-19-11-6-5-8(21(14,17)18)7-9(11)13(16)20-12-4-2-3-10(12)15/h5-7,12H,2-4H2,1H3,(H2,14,17,18). The van der Waals surface area contributed by atoms with Gasteiger partial charge in [0.05, 0.1) is 12.0 Å². The molecule has 1 aliphatic rings. The van der Waals surface area contributed by atoms with Crippen molar-refractivity contribution < 1.29 is 27.5 Å². The van der Waals surface area contributed by atoms with Gasteiger partial charge in [-0.15, -0.1) is 0 Å². The van der Waals surface area contributed by atoms with E-state index in [1.54, 1.807) is 0 Å². The zero-order valence-electron chi connectivity index (χ0n) is 11.4. The van der Waals surface area contributed by atoms with Crippen LogP contribution in [0.2, 0.25) is 0 Å². The molecule has 1 aliphatic carbocycles. The van der Waals surface area contributed by atoms with Crippen molar-refractivity contribution in [1.29, 1.82) is 0 Å². The molecule has 0 amide bonds. The normalized spacial score (nSPS) is 18.6. The van der Waals surface area contributed by atoms with Crippen molar-refractivity contribution in [2.75, 3.05) is 7.11 Å². The minimum Gasteiger partial charge on any atom is -0.496 e. The first-order chi connectivity index (χ1) is 9.82. The monoisotopic (exact) mass is 313 g/mol. The number of rotatable bonds is 4. The van der Waals surface area contributed by atoms with E-state index in [1.165, 1.54) is 19.2 Å². The molecule has 0 saturated heterocycles. The summed E-state index contributed by atoms with van der Waals surface area (Å²) < 4.78 is 32.8. The smallest absolute Gasteiger partial charge is 0.342 e. The van der Waals surface area contributed by atoms with Gasteiger partial charge in [0.1, 0.15) is 11.3 Å². The Morgan fingerprint density at radius 1 is 1.38 bits per heavy atom.